The number of amides is 1. The topological polar surface area (TPSA) is 94.0 Å². The highest BCUT2D eigenvalue weighted by atomic mass is 32.2. The van der Waals surface area contributed by atoms with Gasteiger partial charge >= 0.3 is 0 Å². The number of rotatable bonds is 4. The largest absolute Gasteiger partial charge is 0.459 e. The number of thioether (sulfide) groups is 1. The van der Waals surface area contributed by atoms with Crippen LogP contribution < -0.4 is 11.3 Å². The summed E-state index contributed by atoms with van der Waals surface area (Å²) in [5, 5.41) is 0.753. The zero-order valence-electron chi connectivity index (χ0n) is 10.2. The van der Waals surface area contributed by atoms with E-state index >= 15 is 0 Å². The number of para-hydroxylation sites is 1. The summed E-state index contributed by atoms with van der Waals surface area (Å²) in [4.78, 5) is 16.0. The van der Waals surface area contributed by atoms with Gasteiger partial charge in [0, 0.05) is 5.39 Å². The van der Waals surface area contributed by atoms with E-state index in [1.54, 1.807) is 0 Å². The second-order valence-electron chi connectivity index (χ2n) is 3.87. The number of carbonyl (C=O) groups excluding carboxylic acids is 1. The molecule has 0 aliphatic carbocycles. The lowest BCUT2D eigenvalue weighted by molar-refractivity contribution is 0.0953. The molecule has 0 spiro atoms. The van der Waals surface area contributed by atoms with Crippen LogP contribution in [0.4, 0.5) is 0 Å². The molecule has 3 rings (SSSR count). The molecule has 0 aliphatic rings. The molecule has 8 heteroatoms. The van der Waals surface area contributed by atoms with Crippen molar-refractivity contribution in [2.45, 2.75) is 10.1 Å². The van der Waals surface area contributed by atoms with Gasteiger partial charge in [-0.2, -0.15) is 4.37 Å². The van der Waals surface area contributed by atoms with Gasteiger partial charge in [0.05, 0.1) is 11.3 Å². The molecule has 0 radical (unpaired) electrons. The van der Waals surface area contributed by atoms with Gasteiger partial charge in [-0.15, -0.1) is 0 Å². The Morgan fingerprint density at radius 2 is 2.30 bits per heavy atom. The number of hydrogen-bond acceptors (Lipinski definition) is 7. The first-order valence-corrected chi connectivity index (χ1v) is 7.46. The average Bonchev–Trinajstić information content (AvgIpc) is 3.11. The number of nitrogens with one attached hydrogen (secondary N) is 1. The fourth-order valence-corrected chi connectivity index (χ4v) is 3.25. The molecule has 3 aromatic rings. The highest BCUT2D eigenvalue weighted by molar-refractivity contribution is 8.00. The summed E-state index contributed by atoms with van der Waals surface area (Å²) in [5.41, 5.74) is 3.30. The van der Waals surface area contributed by atoms with Crippen molar-refractivity contribution >= 4 is 40.2 Å². The second-order valence-corrected chi connectivity index (χ2v) is 5.87. The van der Waals surface area contributed by atoms with E-state index in [1.165, 1.54) is 29.6 Å². The number of carbonyl (C=O) groups is 1. The Kier molecular flexibility index (Phi) is 3.68. The predicted octanol–water partition coefficient (Wildman–Crippen LogP) is 2.18. The van der Waals surface area contributed by atoms with Gasteiger partial charge in [0.25, 0.3) is 5.91 Å². The molecule has 102 valence electrons. The fourth-order valence-electron chi connectivity index (χ4n) is 1.87. The molecule has 0 aliphatic heterocycles. The molecule has 0 atom stereocenters. The quantitative estimate of drug-likeness (QED) is 0.332. The Bertz CT molecular complexity index is 739. The monoisotopic (exact) mass is 306 g/mol. The van der Waals surface area contributed by atoms with Gasteiger partial charge in [-0.1, -0.05) is 30.0 Å². The molecule has 0 saturated carbocycles. The van der Waals surface area contributed by atoms with Gasteiger partial charge in [-0.3, -0.25) is 10.2 Å². The van der Waals surface area contributed by atoms with Crippen molar-refractivity contribution in [1.29, 1.82) is 0 Å². The van der Waals surface area contributed by atoms with E-state index in [0.29, 0.717) is 22.7 Å². The minimum absolute atomic E-state index is 0.359. The number of hydrazine groups is 1. The highest BCUT2D eigenvalue weighted by Gasteiger charge is 2.20. The van der Waals surface area contributed by atoms with Gasteiger partial charge in [0.1, 0.15) is 17.7 Å². The van der Waals surface area contributed by atoms with Crippen LogP contribution in [0.15, 0.2) is 39.3 Å². The molecular weight excluding hydrogens is 296 g/mol. The Morgan fingerprint density at radius 1 is 1.45 bits per heavy atom. The van der Waals surface area contributed by atoms with Crippen LogP contribution in [0.25, 0.3) is 11.0 Å². The van der Waals surface area contributed by atoms with Crippen LogP contribution in [0.1, 0.15) is 16.1 Å². The normalized spacial score (nSPS) is 10.8. The first-order valence-electron chi connectivity index (χ1n) is 5.70. The molecule has 1 aromatic carbocycles. The Labute approximate surface area is 122 Å². The number of hydrogen-bond donors (Lipinski definition) is 2. The summed E-state index contributed by atoms with van der Waals surface area (Å²) >= 11 is 2.77. The van der Waals surface area contributed by atoms with E-state index in [4.69, 9.17) is 10.3 Å². The molecule has 2 heterocycles. The summed E-state index contributed by atoms with van der Waals surface area (Å²) in [6, 6.07) is 7.37. The van der Waals surface area contributed by atoms with E-state index in [0.717, 1.165) is 9.73 Å². The molecule has 6 nitrogen and oxygen atoms in total. The number of furan rings is 1. The maximum atomic E-state index is 11.9. The molecule has 1 amide bonds. The van der Waals surface area contributed by atoms with Crippen LogP contribution in [0.5, 0.6) is 0 Å². The summed E-state index contributed by atoms with van der Waals surface area (Å²) in [7, 11) is 0. The molecule has 2 aromatic heterocycles. The van der Waals surface area contributed by atoms with Crippen molar-refractivity contribution in [2.24, 2.45) is 5.84 Å². The second kappa shape index (κ2) is 5.61. The van der Waals surface area contributed by atoms with E-state index in [2.05, 4.69) is 14.8 Å². The highest BCUT2D eigenvalue weighted by Crippen LogP contribution is 2.31. The van der Waals surface area contributed by atoms with Crippen LogP contribution in [0.2, 0.25) is 0 Å². The minimum Gasteiger partial charge on any atom is -0.459 e. The SMILES string of the molecule is NNC(=O)c1c(CSc2ncns2)oc2ccccc12. The van der Waals surface area contributed by atoms with Crippen molar-refractivity contribution in [3.8, 4) is 0 Å². The first-order chi connectivity index (χ1) is 9.79. The number of nitrogens with zero attached hydrogens (tertiary/aromatic N) is 2. The van der Waals surface area contributed by atoms with Crippen LogP contribution in [-0.4, -0.2) is 15.3 Å². The summed E-state index contributed by atoms with van der Waals surface area (Å²) in [5.74, 6) is 5.96. The van der Waals surface area contributed by atoms with Crippen molar-refractivity contribution in [3.05, 3.63) is 41.9 Å². The van der Waals surface area contributed by atoms with Crippen LogP contribution in [-0.2, 0) is 5.75 Å². The summed E-state index contributed by atoms with van der Waals surface area (Å²) < 4.78 is 10.5. The lowest BCUT2D eigenvalue weighted by Crippen LogP contribution is -2.30. The zero-order chi connectivity index (χ0) is 13.9. The smallest absolute Gasteiger partial charge is 0.269 e. The van der Waals surface area contributed by atoms with E-state index < -0.39 is 0 Å². The molecular formula is C12H10N4O2S2. The van der Waals surface area contributed by atoms with E-state index in [-0.39, 0.29) is 5.91 Å². The van der Waals surface area contributed by atoms with Crippen molar-refractivity contribution in [2.75, 3.05) is 0 Å². The Hall–Kier alpha value is -1.90. The van der Waals surface area contributed by atoms with Gasteiger partial charge < -0.3 is 4.42 Å². The summed E-state index contributed by atoms with van der Waals surface area (Å²) in [6.45, 7) is 0. The van der Waals surface area contributed by atoms with Gasteiger partial charge in [0.2, 0.25) is 0 Å². The lowest BCUT2D eigenvalue weighted by Gasteiger charge is -2.00. The molecule has 0 bridgehead atoms. The Balaban J connectivity index is 1.98. The number of fused-ring (bicyclic) bond motifs is 1. The number of nitrogens with two attached hydrogens (primary N) is 1. The van der Waals surface area contributed by atoms with Gasteiger partial charge in [-0.25, -0.2) is 10.8 Å². The van der Waals surface area contributed by atoms with Crippen molar-refractivity contribution < 1.29 is 9.21 Å². The minimum atomic E-state index is -0.359. The maximum absolute atomic E-state index is 11.9. The lowest BCUT2D eigenvalue weighted by atomic mass is 10.1. The van der Waals surface area contributed by atoms with Gasteiger partial charge in [-0.05, 0) is 17.6 Å². The molecule has 3 N–H and O–H groups in total. The molecule has 0 saturated heterocycles. The van der Waals surface area contributed by atoms with Gasteiger partial charge in [0.15, 0.2) is 4.34 Å². The first kappa shape index (κ1) is 13.1. The number of benzene rings is 1. The molecule has 0 unspecified atom stereocenters. The number of nitrogen functional groups attached to an aromatic ring is 1. The van der Waals surface area contributed by atoms with E-state index in [9.17, 15) is 4.79 Å². The van der Waals surface area contributed by atoms with Crippen LogP contribution >= 0.6 is 23.3 Å². The standard InChI is InChI=1S/C12H10N4O2S2/c13-16-11(17)10-7-3-1-2-4-8(7)18-9(10)5-19-12-14-6-15-20-12/h1-4,6H,5,13H2,(H,16,17). The number of aromatic nitrogens is 2. The molecule has 0 fully saturated rings. The summed E-state index contributed by atoms with van der Waals surface area (Å²) in [6.07, 6.45) is 1.50. The van der Waals surface area contributed by atoms with Crippen LogP contribution in [0, 0.1) is 0 Å². The molecule has 20 heavy (non-hydrogen) atoms. The maximum Gasteiger partial charge on any atom is 0.269 e. The average molecular weight is 306 g/mol. The van der Waals surface area contributed by atoms with Crippen LogP contribution in [0.3, 0.4) is 0 Å². The van der Waals surface area contributed by atoms with Crippen molar-refractivity contribution in [1.82, 2.24) is 14.8 Å². The fraction of sp³-hybridized carbons (Fsp3) is 0.0833. The third-order valence-electron chi connectivity index (χ3n) is 2.69. The van der Waals surface area contributed by atoms with Crippen molar-refractivity contribution in [3.63, 3.8) is 0 Å². The predicted molar refractivity (Wildman–Crippen MR) is 77.3 cm³/mol. The third kappa shape index (κ3) is 2.40. The zero-order valence-corrected chi connectivity index (χ0v) is 11.8. The third-order valence-corrected chi connectivity index (χ3v) is 4.49. The van der Waals surface area contributed by atoms with E-state index in [1.807, 2.05) is 24.3 Å². The Morgan fingerprint density at radius 3 is 3.05 bits per heavy atom.